The zero-order valence-corrected chi connectivity index (χ0v) is 7.39. The highest BCUT2D eigenvalue weighted by Gasteiger charge is 2.21. The van der Waals surface area contributed by atoms with Crippen LogP contribution in [0.3, 0.4) is 0 Å². The Morgan fingerprint density at radius 3 is 2.85 bits per heavy atom. The maximum absolute atomic E-state index is 9.23. The van der Waals surface area contributed by atoms with Gasteiger partial charge in [-0.3, -0.25) is 0 Å². The second-order valence-electron chi connectivity index (χ2n) is 2.96. The highest BCUT2D eigenvalue weighted by Crippen LogP contribution is 2.08. The molecule has 13 heavy (non-hydrogen) atoms. The zero-order chi connectivity index (χ0) is 9.68. The summed E-state index contributed by atoms with van der Waals surface area (Å²) in [5.41, 5.74) is 5.47. The lowest BCUT2D eigenvalue weighted by molar-refractivity contribution is -0.132. The zero-order valence-electron chi connectivity index (χ0n) is 7.39. The van der Waals surface area contributed by atoms with Crippen LogP contribution in [0.5, 0.6) is 0 Å². The van der Waals surface area contributed by atoms with Crippen molar-refractivity contribution in [1.82, 2.24) is 5.32 Å². The van der Waals surface area contributed by atoms with E-state index in [-0.39, 0.29) is 12.7 Å². The van der Waals surface area contributed by atoms with Crippen LogP contribution >= 0.6 is 0 Å². The molecule has 0 aromatic heterocycles. The first-order valence-corrected chi connectivity index (χ1v) is 4.33. The summed E-state index contributed by atoms with van der Waals surface area (Å²) in [4.78, 5) is 0. The van der Waals surface area contributed by atoms with Crippen molar-refractivity contribution in [2.75, 3.05) is 19.7 Å². The summed E-state index contributed by atoms with van der Waals surface area (Å²) in [5, 5.41) is 20.7. The maximum Gasteiger partial charge on any atom is 0.174 e. The predicted octanol–water partition coefficient (Wildman–Crippen LogP) is -1.83. The largest absolute Gasteiger partial charge is 0.395 e. The summed E-state index contributed by atoms with van der Waals surface area (Å²) in [6.07, 6.45) is 2.44. The molecule has 1 rings (SSSR count). The van der Waals surface area contributed by atoms with Gasteiger partial charge in [-0.1, -0.05) is 12.2 Å². The van der Waals surface area contributed by atoms with Crippen LogP contribution in [0, 0.1) is 0 Å². The molecule has 0 fully saturated rings. The van der Waals surface area contributed by atoms with E-state index in [0.29, 0.717) is 13.1 Å². The van der Waals surface area contributed by atoms with Crippen molar-refractivity contribution in [1.29, 1.82) is 0 Å². The Kier molecular flexibility index (Phi) is 4.34. The van der Waals surface area contributed by atoms with Crippen LogP contribution in [-0.4, -0.2) is 48.3 Å². The fourth-order valence-corrected chi connectivity index (χ4v) is 1.10. The first kappa shape index (κ1) is 10.6. The Morgan fingerprint density at radius 2 is 2.23 bits per heavy atom. The van der Waals surface area contributed by atoms with Crippen molar-refractivity contribution in [2.45, 2.75) is 18.4 Å². The Bertz CT molecular complexity index is 175. The molecule has 5 heteroatoms. The molecule has 0 bridgehead atoms. The van der Waals surface area contributed by atoms with E-state index in [0.717, 1.165) is 0 Å². The number of aliphatic hydroxyl groups is 2. The number of nitrogens with one attached hydrogen (secondary N) is 1. The highest BCUT2D eigenvalue weighted by molar-refractivity contribution is 5.02. The van der Waals surface area contributed by atoms with E-state index >= 15 is 0 Å². The van der Waals surface area contributed by atoms with Gasteiger partial charge < -0.3 is 26.0 Å². The summed E-state index contributed by atoms with van der Waals surface area (Å²) in [6, 6.07) is -0.436. The van der Waals surface area contributed by atoms with E-state index in [2.05, 4.69) is 5.32 Å². The van der Waals surface area contributed by atoms with Gasteiger partial charge in [-0.2, -0.15) is 0 Å². The molecule has 5 N–H and O–H groups in total. The molecule has 0 spiro atoms. The lowest BCUT2D eigenvalue weighted by Crippen LogP contribution is -2.43. The van der Waals surface area contributed by atoms with Crippen LogP contribution in [0.1, 0.15) is 0 Å². The quantitative estimate of drug-likeness (QED) is 0.308. The van der Waals surface area contributed by atoms with E-state index in [1.54, 1.807) is 6.08 Å². The van der Waals surface area contributed by atoms with Gasteiger partial charge in [-0.25, -0.2) is 0 Å². The predicted molar refractivity (Wildman–Crippen MR) is 48.0 cm³/mol. The van der Waals surface area contributed by atoms with E-state index in [9.17, 15) is 5.11 Å². The van der Waals surface area contributed by atoms with Gasteiger partial charge in [0.05, 0.1) is 18.8 Å². The minimum Gasteiger partial charge on any atom is -0.395 e. The number of ether oxygens (including phenoxy) is 1. The Balaban J connectivity index is 2.24. The molecule has 0 aromatic carbocycles. The third kappa shape index (κ3) is 3.41. The summed E-state index contributed by atoms with van der Waals surface area (Å²) in [7, 11) is 0. The van der Waals surface area contributed by atoms with Gasteiger partial charge in [-0.15, -0.1) is 0 Å². The standard InChI is InChI=1S/C8H16N2O3/c9-7-2-1-6(13-8(7)12)5-10-3-4-11/h1-2,6-8,10-12H,3-5,9H2. The summed E-state index contributed by atoms with van der Waals surface area (Å²) in [6.45, 7) is 1.19. The molecule has 0 aromatic rings. The third-order valence-electron chi connectivity index (χ3n) is 1.83. The second kappa shape index (κ2) is 5.31. The van der Waals surface area contributed by atoms with Crippen molar-refractivity contribution in [3.05, 3.63) is 12.2 Å². The molecule has 1 heterocycles. The van der Waals surface area contributed by atoms with Gasteiger partial charge >= 0.3 is 0 Å². The fraction of sp³-hybridized carbons (Fsp3) is 0.750. The Morgan fingerprint density at radius 1 is 1.46 bits per heavy atom. The molecule has 0 saturated carbocycles. The van der Waals surface area contributed by atoms with Gasteiger partial charge in [-0.05, 0) is 0 Å². The molecule has 0 radical (unpaired) electrons. The molecular weight excluding hydrogens is 172 g/mol. The Hall–Kier alpha value is -0.460. The molecule has 0 amide bonds. The van der Waals surface area contributed by atoms with Crippen LogP contribution in [-0.2, 0) is 4.74 Å². The number of hydrogen-bond acceptors (Lipinski definition) is 5. The topological polar surface area (TPSA) is 87.7 Å². The molecule has 3 unspecified atom stereocenters. The SMILES string of the molecule is NC1C=CC(CNCCO)OC1O. The van der Waals surface area contributed by atoms with Gasteiger partial charge in [0, 0.05) is 13.1 Å². The minimum atomic E-state index is -0.925. The van der Waals surface area contributed by atoms with Gasteiger partial charge in [0.1, 0.15) is 0 Å². The van der Waals surface area contributed by atoms with Crippen LogP contribution in [0.4, 0.5) is 0 Å². The van der Waals surface area contributed by atoms with Gasteiger partial charge in [0.15, 0.2) is 6.29 Å². The lowest BCUT2D eigenvalue weighted by atomic mass is 10.2. The average molecular weight is 188 g/mol. The molecule has 1 aliphatic rings. The van der Waals surface area contributed by atoms with Crippen LogP contribution in [0.15, 0.2) is 12.2 Å². The van der Waals surface area contributed by atoms with Crippen LogP contribution in [0.2, 0.25) is 0 Å². The molecule has 5 nitrogen and oxygen atoms in total. The van der Waals surface area contributed by atoms with Crippen molar-refractivity contribution in [2.24, 2.45) is 5.73 Å². The smallest absolute Gasteiger partial charge is 0.174 e. The van der Waals surface area contributed by atoms with E-state index in [1.807, 2.05) is 6.08 Å². The number of nitrogens with two attached hydrogens (primary N) is 1. The normalized spacial score (nSPS) is 33.6. The molecule has 1 aliphatic heterocycles. The Labute approximate surface area is 77.2 Å². The molecular formula is C8H16N2O3. The van der Waals surface area contributed by atoms with E-state index in [4.69, 9.17) is 15.6 Å². The lowest BCUT2D eigenvalue weighted by Gasteiger charge is -2.26. The third-order valence-corrected chi connectivity index (χ3v) is 1.83. The number of aliphatic hydroxyl groups excluding tert-OH is 2. The van der Waals surface area contributed by atoms with Crippen LogP contribution < -0.4 is 11.1 Å². The van der Waals surface area contributed by atoms with Crippen molar-refractivity contribution in [3.63, 3.8) is 0 Å². The summed E-state index contributed by atoms with van der Waals surface area (Å²) < 4.78 is 5.14. The fourth-order valence-electron chi connectivity index (χ4n) is 1.10. The van der Waals surface area contributed by atoms with Crippen molar-refractivity contribution >= 4 is 0 Å². The summed E-state index contributed by atoms with van der Waals surface area (Å²) in [5.74, 6) is 0. The average Bonchev–Trinajstić information content (AvgIpc) is 2.12. The van der Waals surface area contributed by atoms with Crippen molar-refractivity contribution < 1.29 is 14.9 Å². The second-order valence-corrected chi connectivity index (χ2v) is 2.96. The molecule has 76 valence electrons. The number of hydrogen-bond donors (Lipinski definition) is 4. The first-order valence-electron chi connectivity index (χ1n) is 4.33. The van der Waals surface area contributed by atoms with Crippen molar-refractivity contribution in [3.8, 4) is 0 Å². The van der Waals surface area contributed by atoms with E-state index < -0.39 is 12.3 Å². The van der Waals surface area contributed by atoms with Gasteiger partial charge in [0.2, 0.25) is 0 Å². The van der Waals surface area contributed by atoms with Gasteiger partial charge in [0.25, 0.3) is 0 Å². The monoisotopic (exact) mass is 188 g/mol. The highest BCUT2D eigenvalue weighted by atomic mass is 16.6. The van der Waals surface area contributed by atoms with Crippen LogP contribution in [0.25, 0.3) is 0 Å². The molecule has 0 aliphatic carbocycles. The first-order chi connectivity index (χ1) is 6.24. The van der Waals surface area contributed by atoms with E-state index in [1.165, 1.54) is 0 Å². The molecule has 0 saturated heterocycles. The maximum atomic E-state index is 9.23. The minimum absolute atomic E-state index is 0.0957. The number of rotatable bonds is 4. The summed E-state index contributed by atoms with van der Waals surface area (Å²) >= 11 is 0. The molecule has 3 atom stereocenters.